The quantitative estimate of drug-likeness (QED) is 0.424. The molecular formula is C20H17NO4S2. The summed E-state index contributed by atoms with van der Waals surface area (Å²) in [4.78, 5) is 26.5. The monoisotopic (exact) mass is 399 g/mol. The maximum Gasteiger partial charge on any atom is 0.270 e. The lowest BCUT2D eigenvalue weighted by Gasteiger charge is -2.15. The molecule has 1 aliphatic rings. The summed E-state index contributed by atoms with van der Waals surface area (Å²) >= 11 is 6.60. The molecule has 5 nitrogen and oxygen atoms in total. The van der Waals surface area contributed by atoms with Gasteiger partial charge in [-0.1, -0.05) is 48.2 Å². The Balaban J connectivity index is 1.99. The second-order valence-corrected chi connectivity index (χ2v) is 7.38. The van der Waals surface area contributed by atoms with Gasteiger partial charge in [-0.25, -0.2) is 0 Å². The lowest BCUT2D eigenvalue weighted by molar-refractivity contribution is -0.113. The zero-order valence-electron chi connectivity index (χ0n) is 15.0. The second kappa shape index (κ2) is 7.94. The van der Waals surface area contributed by atoms with E-state index in [1.165, 1.54) is 23.6 Å². The molecule has 0 unspecified atom stereocenters. The van der Waals surface area contributed by atoms with Crippen molar-refractivity contribution in [3.63, 3.8) is 0 Å². The number of anilines is 1. The summed E-state index contributed by atoms with van der Waals surface area (Å²) in [5.74, 6) is 0.814. The Hall–Kier alpha value is -2.64. The first kappa shape index (κ1) is 19.1. The fraction of sp³-hybridized carbons (Fsp3) is 0.150. The number of nitrogens with zero attached hydrogens (tertiary/aromatic N) is 1. The smallest absolute Gasteiger partial charge is 0.270 e. The van der Waals surface area contributed by atoms with E-state index in [-0.39, 0.29) is 11.7 Å². The lowest BCUT2D eigenvalue weighted by Crippen LogP contribution is -2.27. The molecule has 1 fully saturated rings. The number of benzene rings is 2. The van der Waals surface area contributed by atoms with Crippen molar-refractivity contribution < 1.29 is 19.1 Å². The number of hydrogen-bond donors (Lipinski definition) is 0. The largest absolute Gasteiger partial charge is 0.493 e. The van der Waals surface area contributed by atoms with Gasteiger partial charge in [-0.05, 0) is 31.2 Å². The van der Waals surface area contributed by atoms with Gasteiger partial charge in [0.05, 0.1) is 24.8 Å². The van der Waals surface area contributed by atoms with Gasteiger partial charge in [-0.15, -0.1) is 0 Å². The first-order chi connectivity index (χ1) is 13.0. The number of Topliss-reactive ketones (excluding diaryl/α,β-unsaturated/α-hetero) is 1. The first-order valence-electron chi connectivity index (χ1n) is 8.06. The summed E-state index contributed by atoms with van der Waals surface area (Å²) in [6, 6.07) is 12.3. The molecule has 0 N–H and O–H groups in total. The van der Waals surface area contributed by atoms with Gasteiger partial charge in [0.25, 0.3) is 5.91 Å². The van der Waals surface area contributed by atoms with E-state index in [1.807, 2.05) is 12.1 Å². The van der Waals surface area contributed by atoms with Crippen LogP contribution in [0.5, 0.6) is 11.5 Å². The summed E-state index contributed by atoms with van der Waals surface area (Å²) in [5.41, 5.74) is 1.82. The molecule has 0 saturated carbocycles. The molecule has 0 atom stereocenters. The minimum absolute atomic E-state index is 0.0704. The molecule has 1 heterocycles. The molecule has 7 heteroatoms. The Morgan fingerprint density at radius 3 is 2.56 bits per heavy atom. The van der Waals surface area contributed by atoms with Crippen LogP contribution in [0, 0.1) is 0 Å². The minimum Gasteiger partial charge on any atom is -0.493 e. The third kappa shape index (κ3) is 3.74. The van der Waals surface area contributed by atoms with Gasteiger partial charge in [-0.3, -0.25) is 14.5 Å². The Kier molecular flexibility index (Phi) is 5.62. The highest BCUT2D eigenvalue weighted by molar-refractivity contribution is 8.27. The van der Waals surface area contributed by atoms with Gasteiger partial charge in [-0.2, -0.15) is 0 Å². The molecule has 0 spiro atoms. The fourth-order valence-corrected chi connectivity index (χ4v) is 4.01. The number of thioether (sulfide) groups is 1. The van der Waals surface area contributed by atoms with Crippen LogP contribution in [-0.2, 0) is 4.79 Å². The van der Waals surface area contributed by atoms with Gasteiger partial charge in [0.1, 0.15) is 0 Å². The van der Waals surface area contributed by atoms with E-state index in [2.05, 4.69) is 0 Å². The normalized spacial score (nSPS) is 15.4. The third-order valence-electron chi connectivity index (χ3n) is 4.02. The van der Waals surface area contributed by atoms with E-state index in [9.17, 15) is 9.59 Å². The number of ether oxygens (including phenoxy) is 2. The molecule has 3 rings (SSSR count). The summed E-state index contributed by atoms with van der Waals surface area (Å²) in [6.45, 7) is 1.48. The van der Waals surface area contributed by atoms with Crippen LogP contribution in [0.3, 0.4) is 0 Å². The molecule has 0 aliphatic carbocycles. The maximum atomic E-state index is 12.9. The number of carbonyl (C=O) groups is 2. The summed E-state index contributed by atoms with van der Waals surface area (Å²) in [5, 5.41) is 0. The van der Waals surface area contributed by atoms with Crippen molar-refractivity contribution in [2.75, 3.05) is 19.1 Å². The molecule has 138 valence electrons. The number of carbonyl (C=O) groups excluding carboxylic acids is 2. The van der Waals surface area contributed by atoms with Crippen LogP contribution in [0.1, 0.15) is 22.8 Å². The SMILES string of the molecule is COc1cccc(C=C2SC(=S)N(c3cccc(C(C)=O)c3)C2=O)c1OC. The Labute approximate surface area is 167 Å². The standard InChI is InChI=1S/C20H17NO4S2/c1-12(22)13-6-4-8-15(10-13)21-19(23)17(27-20(21)26)11-14-7-5-9-16(24-2)18(14)25-3/h4-11H,1-3H3. The highest BCUT2D eigenvalue weighted by Crippen LogP contribution is 2.39. The zero-order chi connectivity index (χ0) is 19.6. The number of ketones is 1. The highest BCUT2D eigenvalue weighted by Gasteiger charge is 2.33. The van der Waals surface area contributed by atoms with Crippen LogP contribution in [0.2, 0.25) is 0 Å². The molecule has 2 aromatic rings. The van der Waals surface area contributed by atoms with Crippen molar-refractivity contribution >= 4 is 51.8 Å². The summed E-state index contributed by atoms with van der Waals surface area (Å²) < 4.78 is 11.1. The van der Waals surface area contributed by atoms with Crippen LogP contribution in [0.25, 0.3) is 6.08 Å². The van der Waals surface area contributed by atoms with E-state index < -0.39 is 0 Å². The van der Waals surface area contributed by atoms with Crippen molar-refractivity contribution in [2.24, 2.45) is 0 Å². The van der Waals surface area contributed by atoms with Crippen molar-refractivity contribution in [2.45, 2.75) is 6.92 Å². The lowest BCUT2D eigenvalue weighted by atomic mass is 10.1. The van der Waals surface area contributed by atoms with Gasteiger partial charge in [0.2, 0.25) is 0 Å². The molecule has 0 radical (unpaired) electrons. The molecule has 0 bridgehead atoms. The van der Waals surface area contributed by atoms with Crippen LogP contribution < -0.4 is 14.4 Å². The molecule has 27 heavy (non-hydrogen) atoms. The molecule has 1 amide bonds. The van der Waals surface area contributed by atoms with Gasteiger partial charge >= 0.3 is 0 Å². The van der Waals surface area contributed by atoms with Crippen LogP contribution in [0.15, 0.2) is 47.4 Å². The molecule has 2 aromatic carbocycles. The van der Waals surface area contributed by atoms with Crippen molar-refractivity contribution in [1.29, 1.82) is 0 Å². The first-order valence-corrected chi connectivity index (χ1v) is 9.28. The number of thiocarbonyl (C=S) groups is 1. The number of amides is 1. The predicted molar refractivity (Wildman–Crippen MR) is 112 cm³/mol. The average molecular weight is 399 g/mol. The summed E-state index contributed by atoms with van der Waals surface area (Å²) in [7, 11) is 3.11. The van der Waals surface area contributed by atoms with E-state index >= 15 is 0 Å². The number of methoxy groups -OCH3 is 2. The summed E-state index contributed by atoms with van der Waals surface area (Å²) in [6.07, 6.45) is 1.73. The van der Waals surface area contributed by atoms with Crippen molar-refractivity contribution in [3.05, 3.63) is 58.5 Å². The van der Waals surface area contributed by atoms with Crippen LogP contribution >= 0.6 is 24.0 Å². The van der Waals surface area contributed by atoms with E-state index in [0.717, 1.165) is 5.56 Å². The van der Waals surface area contributed by atoms with Crippen molar-refractivity contribution in [1.82, 2.24) is 0 Å². The van der Waals surface area contributed by atoms with Gasteiger partial charge < -0.3 is 9.47 Å². The molecule has 0 aromatic heterocycles. The second-order valence-electron chi connectivity index (χ2n) is 5.71. The minimum atomic E-state index is -0.240. The van der Waals surface area contributed by atoms with E-state index in [4.69, 9.17) is 21.7 Å². The molecule has 1 saturated heterocycles. The van der Waals surface area contributed by atoms with Gasteiger partial charge in [0, 0.05) is 11.1 Å². The van der Waals surface area contributed by atoms with Gasteiger partial charge in [0.15, 0.2) is 21.6 Å². The Morgan fingerprint density at radius 1 is 1.15 bits per heavy atom. The Morgan fingerprint density at radius 2 is 1.89 bits per heavy atom. The maximum absolute atomic E-state index is 12.9. The van der Waals surface area contributed by atoms with E-state index in [0.29, 0.717) is 32.0 Å². The average Bonchev–Trinajstić information content (AvgIpc) is 2.94. The van der Waals surface area contributed by atoms with Crippen LogP contribution in [-0.4, -0.2) is 30.2 Å². The fourth-order valence-electron chi connectivity index (χ4n) is 2.72. The third-order valence-corrected chi connectivity index (χ3v) is 5.33. The molecular weight excluding hydrogens is 382 g/mol. The Bertz CT molecular complexity index is 968. The van der Waals surface area contributed by atoms with E-state index in [1.54, 1.807) is 50.6 Å². The molecule has 1 aliphatic heterocycles. The van der Waals surface area contributed by atoms with Crippen molar-refractivity contribution in [3.8, 4) is 11.5 Å². The number of para-hydroxylation sites is 1. The zero-order valence-corrected chi connectivity index (χ0v) is 16.6. The van der Waals surface area contributed by atoms with Crippen LogP contribution in [0.4, 0.5) is 5.69 Å². The topological polar surface area (TPSA) is 55.8 Å². The highest BCUT2D eigenvalue weighted by atomic mass is 32.2. The number of hydrogen-bond acceptors (Lipinski definition) is 6. The number of rotatable bonds is 5. The predicted octanol–water partition coefficient (Wildman–Crippen LogP) is 4.31.